The van der Waals surface area contributed by atoms with Gasteiger partial charge in [0.05, 0.1) is 5.84 Å². The number of hydrogen-bond acceptors (Lipinski definition) is 15. The Morgan fingerprint density at radius 2 is 0.830 bits per heavy atom. The summed E-state index contributed by atoms with van der Waals surface area (Å²) in [5.41, 5.74) is 6.77. The third-order valence-corrected chi connectivity index (χ3v) is 15.4. The number of aliphatic imine (C=N–C) groups is 2. The van der Waals surface area contributed by atoms with Crippen LogP contribution in [0.2, 0.25) is 0 Å². The van der Waals surface area contributed by atoms with Crippen LogP contribution in [0.3, 0.4) is 0 Å². The van der Waals surface area contributed by atoms with Crippen molar-refractivity contribution in [3.05, 3.63) is 11.8 Å². The van der Waals surface area contributed by atoms with Crippen molar-refractivity contribution in [1.29, 1.82) is 0 Å². The number of rotatable bonds is 40. The molecule has 3 saturated heterocycles. The first kappa shape index (κ1) is 111. The van der Waals surface area contributed by atoms with E-state index in [9.17, 15) is 0 Å². The van der Waals surface area contributed by atoms with Gasteiger partial charge in [0.2, 0.25) is 0 Å². The summed E-state index contributed by atoms with van der Waals surface area (Å²) >= 11 is 0. The lowest BCUT2D eigenvalue weighted by Gasteiger charge is -2.39. The summed E-state index contributed by atoms with van der Waals surface area (Å²) in [7, 11) is 24.9. The summed E-state index contributed by atoms with van der Waals surface area (Å²) in [6, 6.07) is 0.913. The van der Waals surface area contributed by atoms with E-state index in [1.165, 1.54) is 238 Å². The van der Waals surface area contributed by atoms with E-state index in [0.717, 1.165) is 90.9 Å². The maximum atomic E-state index is 5.30. The number of piperidine rings is 3. The number of nitrogens with zero attached hydrogens (tertiary/aromatic N) is 8. The van der Waals surface area contributed by atoms with Crippen LogP contribution in [0.15, 0.2) is 21.8 Å². The van der Waals surface area contributed by atoms with Gasteiger partial charge in [-0.25, -0.2) is 0 Å². The minimum atomic E-state index is 0. The third-order valence-electron chi connectivity index (χ3n) is 15.4. The Morgan fingerprint density at radius 1 is 0.457 bits per heavy atom. The number of amidine groups is 1. The van der Waals surface area contributed by atoms with Crippen molar-refractivity contribution in [2.45, 2.75) is 276 Å². The second-order valence-electron chi connectivity index (χ2n) is 25.6. The molecule has 0 bridgehead atoms. The molecule has 0 amide bonds. The van der Waals surface area contributed by atoms with Crippen molar-refractivity contribution in [3.8, 4) is 0 Å². The van der Waals surface area contributed by atoms with Crippen LogP contribution in [0.25, 0.3) is 0 Å². The average molecular weight is 1350 g/mol. The van der Waals surface area contributed by atoms with Crippen molar-refractivity contribution in [1.82, 2.24) is 66.6 Å². The lowest BCUT2D eigenvalue weighted by atomic mass is 10.0. The van der Waals surface area contributed by atoms with Gasteiger partial charge in [-0.3, -0.25) is 9.98 Å². The number of nitrogens with two attached hydrogens (primary N) is 1. The first-order valence-electron chi connectivity index (χ1n) is 38.8. The molecule has 0 saturated carbocycles. The summed E-state index contributed by atoms with van der Waals surface area (Å²) in [4.78, 5) is 22.2. The normalized spacial score (nSPS) is 14.4. The molecule has 16 heteroatoms. The van der Waals surface area contributed by atoms with Gasteiger partial charge in [-0.05, 0) is 285 Å². The van der Waals surface area contributed by atoms with Crippen LogP contribution >= 0.6 is 0 Å². The van der Waals surface area contributed by atoms with Crippen LogP contribution in [-0.4, -0.2) is 263 Å². The second-order valence-corrected chi connectivity index (χ2v) is 25.6. The molecule has 94 heavy (non-hydrogen) atoms. The SMILES string of the molecule is C.C.CC.CC.CCCCC.CCCCCCCCCNCCCNC.CCCCCNCCCNC.CCCCN(C)C.CN(C)CCNCCN(C)C.CN1CCC(N2CCCCC2)CC1.CN1CCCCC1.CNCCCC1=CN=CC1.CNCCCN=C(C)N. The molecule has 3 fully saturated rings. The van der Waals surface area contributed by atoms with Gasteiger partial charge in [-0.2, -0.15) is 0 Å². The highest BCUT2D eigenvalue weighted by Crippen LogP contribution is 2.20. The molecule has 4 aliphatic rings. The van der Waals surface area contributed by atoms with E-state index >= 15 is 0 Å². The highest BCUT2D eigenvalue weighted by molar-refractivity contribution is 5.77. The topological polar surface area (TPSA) is 154 Å². The molecule has 4 aliphatic heterocycles. The van der Waals surface area contributed by atoms with E-state index in [1.54, 1.807) is 6.92 Å². The molecule has 0 aromatic carbocycles. The number of likely N-dealkylation sites (N-methyl/N-ethyl adjacent to an activating group) is 2. The Balaban J connectivity index is -0.000000124. The lowest BCUT2D eigenvalue weighted by Crippen LogP contribution is -2.45. The molecule has 0 atom stereocenters. The van der Waals surface area contributed by atoms with Gasteiger partial charge < -0.3 is 72.4 Å². The average Bonchev–Trinajstić information content (AvgIpc) is 1.97. The van der Waals surface area contributed by atoms with Crippen LogP contribution in [0, 0.1) is 0 Å². The fourth-order valence-corrected chi connectivity index (χ4v) is 9.54. The fourth-order valence-electron chi connectivity index (χ4n) is 9.54. The summed E-state index contributed by atoms with van der Waals surface area (Å²) in [5.74, 6) is 0.672. The molecule has 4 rings (SSSR count). The zero-order chi connectivity index (χ0) is 70.6. The highest BCUT2D eigenvalue weighted by atomic mass is 15.2. The van der Waals surface area contributed by atoms with E-state index in [-0.39, 0.29) is 14.9 Å². The molecular formula is C78H184N16. The zero-order valence-corrected chi connectivity index (χ0v) is 67.0. The third kappa shape index (κ3) is 112. The van der Waals surface area contributed by atoms with Gasteiger partial charge in [0.1, 0.15) is 0 Å². The van der Waals surface area contributed by atoms with Crippen molar-refractivity contribution in [2.75, 3.05) is 215 Å². The lowest BCUT2D eigenvalue weighted by molar-refractivity contribution is 0.103. The Labute approximate surface area is 595 Å². The minimum absolute atomic E-state index is 0. The Hall–Kier alpha value is -1.64. The summed E-state index contributed by atoms with van der Waals surface area (Å²) in [6.45, 7) is 44.5. The van der Waals surface area contributed by atoms with Crippen LogP contribution in [-0.2, 0) is 0 Å². The van der Waals surface area contributed by atoms with E-state index in [4.69, 9.17) is 5.73 Å². The van der Waals surface area contributed by atoms with E-state index < -0.39 is 0 Å². The molecule has 4 heterocycles. The molecule has 0 aromatic rings. The van der Waals surface area contributed by atoms with Gasteiger partial charge >= 0.3 is 0 Å². The predicted octanol–water partition coefficient (Wildman–Crippen LogP) is 14.9. The molecule has 0 aliphatic carbocycles. The molecular weight excluding hydrogens is 1160 g/mol. The summed E-state index contributed by atoms with van der Waals surface area (Å²) in [6.07, 6.45) is 42.9. The van der Waals surface area contributed by atoms with Crippen LogP contribution < -0.4 is 43.0 Å². The smallest absolute Gasteiger partial charge is 0.0905 e. The molecule has 16 nitrogen and oxygen atoms in total. The largest absolute Gasteiger partial charge is 0.388 e. The summed E-state index contributed by atoms with van der Waals surface area (Å²) < 4.78 is 0. The predicted molar refractivity (Wildman–Crippen MR) is 437 cm³/mol. The van der Waals surface area contributed by atoms with Crippen LogP contribution in [0.1, 0.15) is 270 Å². The maximum absolute atomic E-state index is 5.30. The standard InChI is InChI=1S/C13H30N2.C11H22N2.C9H22N2.C8H21N3.C8H14N2.C6H15N3.C6H13N.C6H15N.C5H12.2C2H6.2CH4/c1-3-4-5-6-7-8-9-12-15-13-10-11-14-2;1-12-9-5-11(6-10-12)13-7-3-2-4-8-13;1-3-4-5-8-11-9-6-7-10-2;1-10(2)7-5-9-6-8-11(3)4;1-9-5-2-3-8-4-6-10-7-8;1-6(7)9-5-3-4-8-2;1-7-5-3-2-4-6-7;1-4-5-6-7(2)3;1-3-5-4-2;2*1-2;;/h14-15H,3-13H2,1-2H3;11H,2-10H2,1H3;10-11H,3-9H2,1-2H3;9H,5-8H2,1-4H3;6-7,9H,2-5H2,1H3;8H,3-5H2,1-2H3,(H2,7,9);2-6H2,1H3;4-6H2,1-3H3;3-5H2,1-2H3;2*1-2H3;2*1H4. The van der Waals surface area contributed by atoms with Gasteiger partial charge in [0.25, 0.3) is 0 Å². The number of allylic oxidation sites excluding steroid dienone is 1. The zero-order valence-electron chi connectivity index (χ0n) is 67.0. The second kappa shape index (κ2) is 102. The fraction of sp³-hybridized carbons (Fsp3) is 0.949. The maximum Gasteiger partial charge on any atom is 0.0905 e. The first-order valence-corrected chi connectivity index (χ1v) is 38.8. The molecule has 576 valence electrons. The number of hydrogen-bond donors (Lipinski definition) is 8. The number of likely N-dealkylation sites (tertiary alicyclic amines) is 3. The molecule has 0 unspecified atom stereocenters. The van der Waals surface area contributed by atoms with Crippen LogP contribution in [0.4, 0.5) is 0 Å². The Bertz CT molecular complexity index is 1280. The molecule has 0 aromatic heterocycles. The molecule has 9 N–H and O–H groups in total. The van der Waals surface area contributed by atoms with Gasteiger partial charge in [-0.15, -0.1) is 0 Å². The minimum Gasteiger partial charge on any atom is -0.388 e. The Kier molecular flexibility index (Phi) is 121. The quantitative estimate of drug-likeness (QED) is 0.0167. The van der Waals surface area contributed by atoms with Gasteiger partial charge in [0.15, 0.2) is 0 Å². The molecule has 0 radical (unpaired) electrons. The van der Waals surface area contributed by atoms with E-state index in [0.29, 0.717) is 5.84 Å². The van der Waals surface area contributed by atoms with Crippen LogP contribution in [0.5, 0.6) is 0 Å². The number of unbranched alkanes of at least 4 members (excludes halogenated alkanes) is 11. The van der Waals surface area contributed by atoms with Gasteiger partial charge in [-0.1, -0.05) is 167 Å². The summed E-state index contributed by atoms with van der Waals surface area (Å²) in [5, 5.41) is 22.7. The monoisotopic (exact) mass is 1350 g/mol. The van der Waals surface area contributed by atoms with Crippen molar-refractivity contribution in [2.24, 2.45) is 15.7 Å². The van der Waals surface area contributed by atoms with E-state index in [1.807, 2.05) is 68.3 Å². The molecule has 0 spiro atoms. The van der Waals surface area contributed by atoms with Crippen molar-refractivity contribution >= 4 is 12.1 Å². The highest BCUT2D eigenvalue weighted by Gasteiger charge is 2.23. The van der Waals surface area contributed by atoms with Crippen molar-refractivity contribution < 1.29 is 0 Å². The van der Waals surface area contributed by atoms with Gasteiger partial charge in [0, 0.05) is 57.6 Å². The Morgan fingerprint density at radius 3 is 1.20 bits per heavy atom. The first-order chi connectivity index (χ1) is 44.6. The number of nitrogens with one attached hydrogen (secondary N) is 7. The van der Waals surface area contributed by atoms with E-state index in [2.05, 4.69) is 168 Å². The van der Waals surface area contributed by atoms with Crippen molar-refractivity contribution in [3.63, 3.8) is 0 Å².